The average molecular weight is 214 g/mol. The topological polar surface area (TPSA) is 76.8 Å². The van der Waals surface area contributed by atoms with E-state index in [4.69, 9.17) is 16.3 Å². The first kappa shape index (κ1) is 11.9. The summed E-state index contributed by atoms with van der Waals surface area (Å²) in [5.41, 5.74) is 7.91. The number of anilines is 2. The standard InChI is InChI=1S/C12H14N4/c1-2-16(7-3-6-13)12-8-10(9-14)4-5-11(12)15/h4-5,8H,2-3,7,15H2,1H3. The molecule has 0 amide bonds. The van der Waals surface area contributed by atoms with Crippen LogP contribution in [0, 0.1) is 22.7 Å². The molecule has 0 radical (unpaired) electrons. The van der Waals surface area contributed by atoms with Gasteiger partial charge in [-0.15, -0.1) is 0 Å². The van der Waals surface area contributed by atoms with Gasteiger partial charge >= 0.3 is 0 Å². The number of benzene rings is 1. The van der Waals surface area contributed by atoms with Crippen molar-refractivity contribution in [3.63, 3.8) is 0 Å². The molecule has 0 saturated carbocycles. The van der Waals surface area contributed by atoms with Crippen molar-refractivity contribution in [1.29, 1.82) is 10.5 Å². The van der Waals surface area contributed by atoms with Gasteiger partial charge < -0.3 is 10.6 Å². The monoisotopic (exact) mass is 214 g/mol. The molecule has 4 nitrogen and oxygen atoms in total. The highest BCUT2D eigenvalue weighted by atomic mass is 15.1. The van der Waals surface area contributed by atoms with E-state index in [1.54, 1.807) is 18.2 Å². The van der Waals surface area contributed by atoms with Crippen molar-refractivity contribution < 1.29 is 0 Å². The van der Waals surface area contributed by atoms with E-state index in [0.29, 0.717) is 24.2 Å². The van der Waals surface area contributed by atoms with Gasteiger partial charge in [0.05, 0.1) is 35.5 Å². The predicted molar refractivity (Wildman–Crippen MR) is 63.7 cm³/mol. The van der Waals surface area contributed by atoms with Crippen molar-refractivity contribution in [2.75, 3.05) is 23.7 Å². The van der Waals surface area contributed by atoms with E-state index in [2.05, 4.69) is 12.1 Å². The summed E-state index contributed by atoms with van der Waals surface area (Å²) < 4.78 is 0. The Labute approximate surface area is 95.5 Å². The Morgan fingerprint density at radius 3 is 2.69 bits per heavy atom. The molecule has 0 aromatic heterocycles. The van der Waals surface area contributed by atoms with E-state index in [9.17, 15) is 0 Å². The van der Waals surface area contributed by atoms with Crippen LogP contribution in [0.3, 0.4) is 0 Å². The lowest BCUT2D eigenvalue weighted by atomic mass is 10.1. The molecule has 1 rings (SSSR count). The zero-order valence-corrected chi connectivity index (χ0v) is 9.27. The van der Waals surface area contributed by atoms with Gasteiger partial charge in [0.2, 0.25) is 0 Å². The highest BCUT2D eigenvalue weighted by Crippen LogP contribution is 2.24. The van der Waals surface area contributed by atoms with Gasteiger partial charge in [0.25, 0.3) is 0 Å². The molecule has 1 aromatic carbocycles. The number of hydrogen-bond acceptors (Lipinski definition) is 4. The molecule has 2 N–H and O–H groups in total. The molecule has 0 saturated heterocycles. The van der Waals surface area contributed by atoms with Crippen LogP contribution in [-0.2, 0) is 0 Å². The van der Waals surface area contributed by atoms with Gasteiger partial charge in [-0.25, -0.2) is 0 Å². The van der Waals surface area contributed by atoms with E-state index in [1.807, 2.05) is 11.8 Å². The molecule has 0 aliphatic heterocycles. The Morgan fingerprint density at radius 2 is 2.12 bits per heavy atom. The highest BCUT2D eigenvalue weighted by molar-refractivity contribution is 5.69. The fraction of sp³-hybridized carbons (Fsp3) is 0.333. The second kappa shape index (κ2) is 5.63. The quantitative estimate of drug-likeness (QED) is 0.776. The van der Waals surface area contributed by atoms with Crippen molar-refractivity contribution in [1.82, 2.24) is 0 Å². The molecule has 0 fully saturated rings. The minimum Gasteiger partial charge on any atom is -0.397 e. The van der Waals surface area contributed by atoms with Crippen LogP contribution < -0.4 is 10.6 Å². The summed E-state index contributed by atoms with van der Waals surface area (Å²) in [5.74, 6) is 0. The number of nitrogens with two attached hydrogens (primary N) is 1. The summed E-state index contributed by atoms with van der Waals surface area (Å²) in [6, 6.07) is 9.36. The van der Waals surface area contributed by atoms with E-state index in [1.165, 1.54) is 0 Å². The predicted octanol–water partition coefficient (Wildman–Crippen LogP) is 1.88. The Kier molecular flexibility index (Phi) is 4.17. The van der Waals surface area contributed by atoms with E-state index in [0.717, 1.165) is 12.2 Å². The largest absolute Gasteiger partial charge is 0.397 e. The third kappa shape index (κ3) is 2.65. The second-order valence-electron chi connectivity index (χ2n) is 3.37. The molecule has 4 heteroatoms. The van der Waals surface area contributed by atoms with Crippen LogP contribution in [-0.4, -0.2) is 13.1 Å². The van der Waals surface area contributed by atoms with Crippen molar-refractivity contribution in [3.8, 4) is 12.1 Å². The lowest BCUT2D eigenvalue weighted by Gasteiger charge is -2.23. The van der Waals surface area contributed by atoms with Gasteiger partial charge in [0.1, 0.15) is 0 Å². The summed E-state index contributed by atoms with van der Waals surface area (Å²) in [5, 5.41) is 17.4. The van der Waals surface area contributed by atoms with Gasteiger partial charge in [-0.05, 0) is 25.1 Å². The second-order valence-corrected chi connectivity index (χ2v) is 3.37. The number of nitrogen functional groups attached to an aromatic ring is 1. The van der Waals surface area contributed by atoms with Crippen LogP contribution in [0.1, 0.15) is 18.9 Å². The fourth-order valence-electron chi connectivity index (χ4n) is 1.52. The Morgan fingerprint density at radius 1 is 1.38 bits per heavy atom. The van der Waals surface area contributed by atoms with E-state index >= 15 is 0 Å². The van der Waals surface area contributed by atoms with Gasteiger partial charge in [-0.1, -0.05) is 0 Å². The van der Waals surface area contributed by atoms with Crippen molar-refractivity contribution in [3.05, 3.63) is 23.8 Å². The van der Waals surface area contributed by atoms with Crippen LogP contribution in [0.5, 0.6) is 0 Å². The van der Waals surface area contributed by atoms with Crippen molar-refractivity contribution in [2.24, 2.45) is 0 Å². The maximum Gasteiger partial charge on any atom is 0.0992 e. The molecule has 0 aliphatic rings. The average Bonchev–Trinajstić information content (AvgIpc) is 2.32. The number of hydrogen-bond donors (Lipinski definition) is 1. The molecule has 0 unspecified atom stereocenters. The summed E-state index contributed by atoms with van der Waals surface area (Å²) in [4.78, 5) is 2.00. The summed E-state index contributed by atoms with van der Waals surface area (Å²) in [6.07, 6.45) is 0.448. The SMILES string of the molecule is CCN(CCC#N)c1cc(C#N)ccc1N. The summed E-state index contributed by atoms with van der Waals surface area (Å²) in [6.45, 7) is 3.39. The molecular formula is C12H14N4. The number of nitrogens with zero attached hydrogens (tertiary/aromatic N) is 3. The number of nitriles is 2. The molecule has 0 heterocycles. The zero-order valence-electron chi connectivity index (χ0n) is 9.27. The molecular weight excluding hydrogens is 200 g/mol. The minimum atomic E-state index is 0.448. The third-order valence-electron chi connectivity index (χ3n) is 2.38. The number of rotatable bonds is 4. The van der Waals surface area contributed by atoms with Crippen LogP contribution in [0.4, 0.5) is 11.4 Å². The normalized spacial score (nSPS) is 9.19. The fourth-order valence-corrected chi connectivity index (χ4v) is 1.52. The van der Waals surface area contributed by atoms with Crippen LogP contribution in [0.15, 0.2) is 18.2 Å². The molecule has 0 spiro atoms. The molecule has 0 aliphatic carbocycles. The molecule has 1 aromatic rings. The summed E-state index contributed by atoms with van der Waals surface area (Å²) >= 11 is 0. The van der Waals surface area contributed by atoms with Gasteiger partial charge in [0, 0.05) is 13.1 Å². The van der Waals surface area contributed by atoms with Crippen LogP contribution in [0.25, 0.3) is 0 Å². The first-order chi connectivity index (χ1) is 7.72. The Bertz CT molecular complexity index is 439. The first-order valence-corrected chi connectivity index (χ1v) is 5.14. The van der Waals surface area contributed by atoms with Gasteiger partial charge in [-0.2, -0.15) is 10.5 Å². The van der Waals surface area contributed by atoms with E-state index < -0.39 is 0 Å². The Hall–Kier alpha value is -2.20. The van der Waals surface area contributed by atoms with Gasteiger partial charge in [0.15, 0.2) is 0 Å². The Balaban J connectivity index is 3.00. The molecule has 16 heavy (non-hydrogen) atoms. The van der Waals surface area contributed by atoms with Crippen LogP contribution in [0.2, 0.25) is 0 Å². The van der Waals surface area contributed by atoms with Crippen molar-refractivity contribution in [2.45, 2.75) is 13.3 Å². The zero-order chi connectivity index (χ0) is 12.0. The third-order valence-corrected chi connectivity index (χ3v) is 2.38. The lowest BCUT2D eigenvalue weighted by Crippen LogP contribution is -2.24. The lowest BCUT2D eigenvalue weighted by molar-refractivity contribution is 0.828. The summed E-state index contributed by atoms with van der Waals surface area (Å²) in [7, 11) is 0. The first-order valence-electron chi connectivity index (χ1n) is 5.14. The van der Waals surface area contributed by atoms with Crippen LogP contribution >= 0.6 is 0 Å². The highest BCUT2D eigenvalue weighted by Gasteiger charge is 2.08. The minimum absolute atomic E-state index is 0.448. The van der Waals surface area contributed by atoms with E-state index in [-0.39, 0.29) is 0 Å². The smallest absolute Gasteiger partial charge is 0.0992 e. The molecule has 0 atom stereocenters. The maximum absolute atomic E-state index is 8.82. The molecule has 0 bridgehead atoms. The maximum atomic E-state index is 8.82. The van der Waals surface area contributed by atoms with Crippen molar-refractivity contribution >= 4 is 11.4 Å². The van der Waals surface area contributed by atoms with Gasteiger partial charge in [-0.3, -0.25) is 0 Å². The molecule has 82 valence electrons.